The molecule has 7 heteroatoms. The van der Waals surface area contributed by atoms with Crippen LogP contribution in [0.2, 0.25) is 0 Å². The summed E-state index contributed by atoms with van der Waals surface area (Å²) in [4.78, 5) is 12.0. The van der Waals surface area contributed by atoms with E-state index in [1.54, 1.807) is 6.92 Å². The SMILES string of the molecule is CCOC(=O)C1=NN(c2cccc(C)c2)C2(S1)c1ccccc1C(CC)=NN2c1ccccc1. The number of rotatable bonds is 5. The van der Waals surface area contributed by atoms with Gasteiger partial charge in [-0.25, -0.2) is 14.8 Å². The van der Waals surface area contributed by atoms with Gasteiger partial charge in [0.1, 0.15) is 0 Å². The number of thioether (sulfide) groups is 1. The first-order chi connectivity index (χ1) is 16.6. The Hall–Kier alpha value is -3.58. The van der Waals surface area contributed by atoms with Crippen molar-refractivity contribution in [2.24, 2.45) is 10.2 Å². The van der Waals surface area contributed by atoms with E-state index in [1.165, 1.54) is 11.8 Å². The highest BCUT2D eigenvalue weighted by Crippen LogP contribution is 2.54. The number of esters is 1. The third-order valence-electron chi connectivity index (χ3n) is 5.85. The molecule has 0 amide bonds. The quantitative estimate of drug-likeness (QED) is 0.437. The normalized spacial score (nSPS) is 19.0. The first kappa shape index (κ1) is 22.2. The fraction of sp³-hybridized carbons (Fsp3) is 0.222. The fourth-order valence-corrected chi connectivity index (χ4v) is 5.65. The van der Waals surface area contributed by atoms with Crippen LogP contribution in [0.3, 0.4) is 0 Å². The Balaban J connectivity index is 1.80. The molecular formula is C27H26N4O2S. The van der Waals surface area contributed by atoms with Crippen molar-refractivity contribution in [1.29, 1.82) is 0 Å². The predicted octanol–water partition coefficient (Wildman–Crippen LogP) is 5.87. The van der Waals surface area contributed by atoms with Crippen LogP contribution in [0.4, 0.5) is 11.4 Å². The Morgan fingerprint density at radius 1 is 0.912 bits per heavy atom. The third kappa shape index (κ3) is 3.56. The molecule has 5 rings (SSSR count). The van der Waals surface area contributed by atoms with E-state index in [2.05, 4.69) is 25.1 Å². The van der Waals surface area contributed by atoms with Crippen LogP contribution in [0.5, 0.6) is 0 Å². The number of hydrogen-bond acceptors (Lipinski definition) is 7. The Morgan fingerprint density at radius 3 is 2.35 bits per heavy atom. The molecule has 1 spiro atoms. The van der Waals surface area contributed by atoms with E-state index in [4.69, 9.17) is 14.9 Å². The summed E-state index contributed by atoms with van der Waals surface area (Å²) in [5, 5.41) is 14.2. The topological polar surface area (TPSA) is 57.5 Å². The van der Waals surface area contributed by atoms with Crippen LogP contribution in [-0.4, -0.2) is 23.3 Å². The minimum absolute atomic E-state index is 0.285. The molecule has 0 N–H and O–H groups in total. The van der Waals surface area contributed by atoms with Gasteiger partial charge in [0.2, 0.25) is 10.0 Å². The first-order valence-corrected chi connectivity index (χ1v) is 12.2. The highest BCUT2D eigenvalue weighted by Gasteiger charge is 2.56. The third-order valence-corrected chi connectivity index (χ3v) is 7.14. The summed E-state index contributed by atoms with van der Waals surface area (Å²) in [7, 11) is 0. The minimum Gasteiger partial charge on any atom is -0.461 e. The first-order valence-electron chi connectivity index (χ1n) is 11.4. The fourth-order valence-electron chi connectivity index (χ4n) is 4.37. The molecule has 3 aromatic carbocycles. The van der Waals surface area contributed by atoms with Crippen molar-refractivity contribution in [3.63, 3.8) is 0 Å². The number of ether oxygens (including phenoxy) is 1. The molecule has 0 saturated heterocycles. The van der Waals surface area contributed by atoms with Gasteiger partial charge in [-0.3, -0.25) is 0 Å². The number of nitrogens with zero attached hydrogens (tertiary/aromatic N) is 4. The lowest BCUT2D eigenvalue weighted by atomic mass is 9.96. The molecule has 6 nitrogen and oxygen atoms in total. The van der Waals surface area contributed by atoms with Crippen LogP contribution in [0.1, 0.15) is 37.0 Å². The predicted molar refractivity (Wildman–Crippen MR) is 139 cm³/mol. The lowest BCUT2D eigenvalue weighted by Crippen LogP contribution is -2.54. The maximum atomic E-state index is 12.9. The molecule has 1 atom stereocenters. The standard InChI is InChI=1S/C27H26N4O2S/c1-4-24-22-16-9-10-17-23(22)27(30(28-24)20-13-7-6-8-14-20)31(21-15-11-12-19(3)18-21)29-25(34-27)26(32)33-5-2/h6-18H,4-5H2,1-3H3. The largest absolute Gasteiger partial charge is 0.461 e. The van der Waals surface area contributed by atoms with Gasteiger partial charge in [0.05, 0.1) is 23.7 Å². The number of hydrogen-bond donors (Lipinski definition) is 0. The average molecular weight is 471 g/mol. The molecule has 1 unspecified atom stereocenters. The summed E-state index contributed by atoms with van der Waals surface area (Å²) in [5.74, 6) is -0.433. The highest BCUT2D eigenvalue weighted by atomic mass is 32.2. The van der Waals surface area contributed by atoms with Crippen molar-refractivity contribution < 1.29 is 9.53 Å². The average Bonchev–Trinajstić information content (AvgIpc) is 3.26. The van der Waals surface area contributed by atoms with Crippen molar-refractivity contribution in [1.82, 2.24) is 0 Å². The molecule has 34 heavy (non-hydrogen) atoms. The van der Waals surface area contributed by atoms with Crippen molar-refractivity contribution in [3.8, 4) is 0 Å². The summed E-state index contributed by atoms with van der Waals surface area (Å²) < 4.78 is 5.37. The maximum absolute atomic E-state index is 12.9. The van der Waals surface area contributed by atoms with E-state index < -0.39 is 11.0 Å². The molecule has 0 bridgehead atoms. The summed E-state index contributed by atoms with van der Waals surface area (Å²) in [6.45, 7) is 6.24. The highest BCUT2D eigenvalue weighted by molar-refractivity contribution is 8.16. The zero-order chi connectivity index (χ0) is 23.7. The summed E-state index contributed by atoms with van der Waals surface area (Å²) >= 11 is 1.37. The second-order valence-electron chi connectivity index (χ2n) is 8.08. The van der Waals surface area contributed by atoms with Gasteiger partial charge in [0.15, 0.2) is 0 Å². The summed E-state index contributed by atoms with van der Waals surface area (Å²) in [6.07, 6.45) is 0.775. The smallest absolute Gasteiger partial charge is 0.365 e. The minimum atomic E-state index is -0.938. The van der Waals surface area contributed by atoms with E-state index >= 15 is 0 Å². The lowest BCUT2D eigenvalue weighted by Gasteiger charge is -2.47. The van der Waals surface area contributed by atoms with Crippen LogP contribution in [0.25, 0.3) is 0 Å². The molecule has 3 aromatic rings. The molecule has 0 aromatic heterocycles. The maximum Gasteiger partial charge on any atom is 0.365 e. The number of fused-ring (bicyclic) bond motifs is 2. The van der Waals surface area contributed by atoms with Crippen LogP contribution in [0.15, 0.2) is 89.1 Å². The number of carbonyl (C=O) groups excluding carboxylic acids is 1. The van der Waals surface area contributed by atoms with Gasteiger partial charge in [-0.1, -0.05) is 61.5 Å². The number of carbonyl (C=O) groups is 1. The molecule has 0 radical (unpaired) electrons. The van der Waals surface area contributed by atoms with Gasteiger partial charge in [-0.15, -0.1) is 0 Å². The number of para-hydroxylation sites is 1. The molecule has 0 aliphatic carbocycles. The number of aryl methyl sites for hydroxylation is 1. The number of anilines is 2. The zero-order valence-corrected chi connectivity index (χ0v) is 20.2. The molecular weight excluding hydrogens is 444 g/mol. The molecule has 172 valence electrons. The lowest BCUT2D eigenvalue weighted by molar-refractivity contribution is -0.134. The van der Waals surface area contributed by atoms with Crippen LogP contribution in [0, 0.1) is 6.92 Å². The Bertz CT molecular complexity index is 1290. The van der Waals surface area contributed by atoms with E-state index in [9.17, 15) is 4.79 Å². The second kappa shape index (κ2) is 8.99. The van der Waals surface area contributed by atoms with Crippen molar-refractivity contribution in [3.05, 3.63) is 95.6 Å². The van der Waals surface area contributed by atoms with E-state index in [-0.39, 0.29) is 6.61 Å². The Kier molecular flexibility index (Phi) is 5.87. The van der Waals surface area contributed by atoms with Crippen LogP contribution in [-0.2, 0) is 14.5 Å². The van der Waals surface area contributed by atoms with Gasteiger partial charge < -0.3 is 4.74 Å². The van der Waals surface area contributed by atoms with Gasteiger partial charge in [-0.05, 0) is 61.9 Å². The van der Waals surface area contributed by atoms with E-state index in [1.807, 2.05) is 77.6 Å². The second-order valence-corrected chi connectivity index (χ2v) is 9.24. The Labute approximate surface area is 203 Å². The van der Waals surface area contributed by atoms with Crippen LogP contribution >= 0.6 is 11.8 Å². The summed E-state index contributed by atoms with van der Waals surface area (Å²) in [5.41, 5.74) is 5.96. The van der Waals surface area contributed by atoms with Gasteiger partial charge in [0.25, 0.3) is 0 Å². The monoisotopic (exact) mass is 470 g/mol. The van der Waals surface area contributed by atoms with E-state index in [0.717, 1.165) is 40.2 Å². The van der Waals surface area contributed by atoms with Crippen molar-refractivity contribution >= 4 is 39.9 Å². The van der Waals surface area contributed by atoms with Crippen molar-refractivity contribution in [2.45, 2.75) is 32.2 Å². The molecule has 2 aliphatic rings. The molecule has 0 saturated carbocycles. The molecule has 2 aliphatic heterocycles. The molecule has 2 heterocycles. The van der Waals surface area contributed by atoms with Crippen LogP contribution < -0.4 is 10.0 Å². The van der Waals surface area contributed by atoms with E-state index in [0.29, 0.717) is 5.04 Å². The number of benzene rings is 3. The van der Waals surface area contributed by atoms with Gasteiger partial charge >= 0.3 is 5.97 Å². The zero-order valence-electron chi connectivity index (χ0n) is 19.4. The molecule has 0 fully saturated rings. The Morgan fingerprint density at radius 2 is 1.62 bits per heavy atom. The van der Waals surface area contributed by atoms with Gasteiger partial charge in [0, 0.05) is 11.1 Å². The number of hydrazone groups is 2. The van der Waals surface area contributed by atoms with Crippen molar-refractivity contribution in [2.75, 3.05) is 16.6 Å². The van der Waals surface area contributed by atoms with Gasteiger partial charge in [-0.2, -0.15) is 10.2 Å². The summed E-state index contributed by atoms with van der Waals surface area (Å²) in [6, 6.07) is 26.4.